The standard InChI is InChI=1S/C33H34N2O8/c1-40-27-13-20-9-11-34(17-22(20)14-28(27)41-2)18-23-15-26(36)31(38)32(43-23)24(16-29(37)42-3)25-12-21-7-4-6-19-8-5-10-35(30(19)21)33(25)39/h4,6-7,12-15,24,38H,5,8-11,16-18H2,1-3H3/t24-/m0/s1. The maximum atomic E-state index is 13.9. The van der Waals surface area contributed by atoms with Crippen molar-refractivity contribution in [3.8, 4) is 17.2 Å². The molecular formula is C33H34N2O8. The highest BCUT2D eigenvalue weighted by Crippen LogP contribution is 2.36. The summed E-state index contributed by atoms with van der Waals surface area (Å²) in [5.41, 5.74) is 3.54. The topological polar surface area (TPSA) is 120 Å². The van der Waals surface area contributed by atoms with Crippen LogP contribution in [0.15, 0.2) is 56.5 Å². The largest absolute Gasteiger partial charge is 0.502 e. The van der Waals surface area contributed by atoms with Crippen molar-refractivity contribution in [2.75, 3.05) is 27.9 Å². The van der Waals surface area contributed by atoms with E-state index >= 15 is 0 Å². The first kappa shape index (κ1) is 28.5. The number of aromatic hydroxyl groups is 1. The van der Waals surface area contributed by atoms with Gasteiger partial charge in [-0.2, -0.15) is 0 Å². The van der Waals surface area contributed by atoms with Gasteiger partial charge in [0.25, 0.3) is 5.56 Å². The predicted octanol–water partition coefficient (Wildman–Crippen LogP) is 3.88. The predicted molar refractivity (Wildman–Crippen MR) is 159 cm³/mol. The van der Waals surface area contributed by atoms with Crippen molar-refractivity contribution in [2.24, 2.45) is 0 Å². The van der Waals surface area contributed by atoms with Gasteiger partial charge < -0.3 is 28.3 Å². The number of carbonyl (C=O) groups is 1. The number of hydrogen-bond donors (Lipinski definition) is 1. The van der Waals surface area contributed by atoms with Gasteiger partial charge in [0, 0.05) is 31.3 Å². The number of para-hydroxylation sites is 1. The lowest BCUT2D eigenvalue weighted by molar-refractivity contribution is -0.140. The second kappa shape index (κ2) is 11.6. The molecular weight excluding hydrogens is 552 g/mol. The van der Waals surface area contributed by atoms with Gasteiger partial charge in [0.1, 0.15) is 5.76 Å². The molecule has 0 aliphatic carbocycles. The molecule has 2 aliphatic heterocycles. The van der Waals surface area contributed by atoms with E-state index in [9.17, 15) is 19.5 Å². The molecule has 0 fully saturated rings. The summed E-state index contributed by atoms with van der Waals surface area (Å²) in [6, 6.07) is 12.8. The highest BCUT2D eigenvalue weighted by atomic mass is 16.5. The number of fused-ring (bicyclic) bond motifs is 1. The first-order chi connectivity index (χ1) is 20.8. The van der Waals surface area contributed by atoms with Gasteiger partial charge in [-0.05, 0) is 59.5 Å². The Morgan fingerprint density at radius 2 is 1.74 bits per heavy atom. The second-order valence-corrected chi connectivity index (χ2v) is 11.1. The summed E-state index contributed by atoms with van der Waals surface area (Å²) >= 11 is 0. The van der Waals surface area contributed by atoms with E-state index in [1.807, 2.05) is 30.3 Å². The molecule has 0 radical (unpaired) electrons. The Kier molecular flexibility index (Phi) is 7.70. The fourth-order valence-corrected chi connectivity index (χ4v) is 6.40. The van der Waals surface area contributed by atoms with E-state index in [4.69, 9.17) is 18.6 Å². The summed E-state index contributed by atoms with van der Waals surface area (Å²) in [6.45, 7) is 2.10. The molecule has 0 bridgehead atoms. The summed E-state index contributed by atoms with van der Waals surface area (Å²) in [7, 11) is 4.46. The highest BCUT2D eigenvalue weighted by molar-refractivity contribution is 5.84. The maximum absolute atomic E-state index is 13.9. The highest BCUT2D eigenvalue weighted by Gasteiger charge is 2.31. The summed E-state index contributed by atoms with van der Waals surface area (Å²) in [5.74, 6) is -0.721. The van der Waals surface area contributed by atoms with Crippen molar-refractivity contribution in [1.82, 2.24) is 9.47 Å². The van der Waals surface area contributed by atoms with Crippen LogP contribution in [0.3, 0.4) is 0 Å². The zero-order valence-electron chi connectivity index (χ0n) is 24.5. The quantitative estimate of drug-likeness (QED) is 0.307. The number of aromatic nitrogens is 1. The van der Waals surface area contributed by atoms with Crippen LogP contribution in [0.4, 0.5) is 0 Å². The first-order valence-electron chi connectivity index (χ1n) is 14.4. The van der Waals surface area contributed by atoms with Crippen LogP contribution in [0.25, 0.3) is 10.9 Å². The van der Waals surface area contributed by atoms with Crippen LogP contribution in [0, 0.1) is 0 Å². The van der Waals surface area contributed by atoms with Gasteiger partial charge in [-0.15, -0.1) is 0 Å². The van der Waals surface area contributed by atoms with E-state index in [0.29, 0.717) is 36.9 Å². The molecule has 10 nitrogen and oxygen atoms in total. The van der Waals surface area contributed by atoms with Crippen molar-refractivity contribution in [1.29, 1.82) is 0 Å². The van der Waals surface area contributed by atoms with Gasteiger partial charge in [-0.25, -0.2) is 0 Å². The molecule has 224 valence electrons. The number of methoxy groups -OCH3 is 3. The molecule has 2 aromatic heterocycles. The number of benzene rings is 2. The Balaban J connectivity index is 1.39. The van der Waals surface area contributed by atoms with E-state index in [-0.39, 0.29) is 29.8 Å². The minimum absolute atomic E-state index is 0.118. The smallest absolute Gasteiger partial charge is 0.306 e. The number of carbonyl (C=O) groups excluding carboxylic acids is 1. The monoisotopic (exact) mass is 586 g/mol. The van der Waals surface area contributed by atoms with Gasteiger partial charge in [0.15, 0.2) is 17.3 Å². The third-order valence-corrected chi connectivity index (χ3v) is 8.52. The maximum Gasteiger partial charge on any atom is 0.306 e. The molecule has 0 amide bonds. The van der Waals surface area contributed by atoms with Crippen LogP contribution in [0.5, 0.6) is 17.2 Å². The van der Waals surface area contributed by atoms with Crippen molar-refractivity contribution < 1.29 is 28.5 Å². The van der Waals surface area contributed by atoms with Crippen molar-refractivity contribution >= 4 is 16.9 Å². The lowest BCUT2D eigenvalue weighted by Crippen LogP contribution is -2.31. The van der Waals surface area contributed by atoms with Crippen LogP contribution < -0.4 is 20.5 Å². The fraction of sp³-hybridized carbons (Fsp3) is 0.364. The number of hydrogen-bond acceptors (Lipinski definition) is 9. The molecule has 2 aromatic carbocycles. The van der Waals surface area contributed by atoms with Crippen LogP contribution in [0.2, 0.25) is 0 Å². The second-order valence-electron chi connectivity index (χ2n) is 11.1. The Morgan fingerprint density at radius 1 is 0.977 bits per heavy atom. The lowest BCUT2D eigenvalue weighted by Gasteiger charge is -2.29. The number of esters is 1. The molecule has 10 heteroatoms. The molecule has 1 N–H and O–H groups in total. The third kappa shape index (κ3) is 5.27. The van der Waals surface area contributed by atoms with Gasteiger partial charge in [0.05, 0.1) is 45.7 Å². The molecule has 4 heterocycles. The molecule has 0 saturated heterocycles. The van der Waals surface area contributed by atoms with Crippen LogP contribution in [-0.2, 0) is 42.0 Å². The van der Waals surface area contributed by atoms with E-state index in [0.717, 1.165) is 46.9 Å². The Hall–Kier alpha value is -4.57. The van der Waals surface area contributed by atoms with Crippen LogP contribution >= 0.6 is 0 Å². The molecule has 0 unspecified atom stereocenters. The number of pyridine rings is 1. The average Bonchev–Trinajstić information content (AvgIpc) is 3.02. The Labute approximate surface area is 248 Å². The average molecular weight is 587 g/mol. The molecule has 1 atom stereocenters. The van der Waals surface area contributed by atoms with Gasteiger partial charge in [-0.3, -0.25) is 19.3 Å². The number of rotatable bonds is 8. The summed E-state index contributed by atoms with van der Waals surface area (Å²) in [5, 5.41) is 11.8. The van der Waals surface area contributed by atoms with E-state index in [1.165, 1.54) is 13.2 Å². The summed E-state index contributed by atoms with van der Waals surface area (Å²) in [4.78, 5) is 41.7. The zero-order valence-corrected chi connectivity index (χ0v) is 24.5. The van der Waals surface area contributed by atoms with Gasteiger partial charge in [0.2, 0.25) is 11.2 Å². The molecule has 0 saturated carbocycles. The molecule has 4 aromatic rings. The van der Waals surface area contributed by atoms with E-state index in [1.54, 1.807) is 24.9 Å². The van der Waals surface area contributed by atoms with Gasteiger partial charge in [-0.1, -0.05) is 18.2 Å². The first-order valence-corrected chi connectivity index (χ1v) is 14.4. The van der Waals surface area contributed by atoms with Crippen LogP contribution in [-0.4, -0.2) is 48.4 Å². The molecule has 43 heavy (non-hydrogen) atoms. The Bertz CT molecular complexity index is 1840. The minimum atomic E-state index is -1.02. The van der Waals surface area contributed by atoms with Gasteiger partial charge >= 0.3 is 5.97 Å². The zero-order chi connectivity index (χ0) is 30.2. The summed E-state index contributed by atoms with van der Waals surface area (Å²) < 4.78 is 23.8. The number of nitrogens with zero attached hydrogens (tertiary/aromatic N) is 2. The summed E-state index contributed by atoms with van der Waals surface area (Å²) in [6.07, 6.45) is 2.16. The van der Waals surface area contributed by atoms with Crippen molar-refractivity contribution in [2.45, 2.75) is 51.2 Å². The Morgan fingerprint density at radius 3 is 2.49 bits per heavy atom. The SMILES string of the molecule is COC(=O)C[C@H](c1oc(CN2CCc3cc(OC)c(OC)cc3C2)cc(=O)c1O)c1cc2cccc3c2n(c1=O)CCC3. The van der Waals surface area contributed by atoms with E-state index in [2.05, 4.69) is 4.90 Å². The minimum Gasteiger partial charge on any atom is -0.502 e. The molecule has 2 aliphatic rings. The van der Waals surface area contributed by atoms with E-state index < -0.39 is 23.1 Å². The van der Waals surface area contributed by atoms with Crippen molar-refractivity contribution in [3.63, 3.8) is 0 Å². The normalized spacial score (nSPS) is 15.1. The molecule has 0 spiro atoms. The number of aryl methyl sites for hydroxylation is 2. The lowest BCUT2D eigenvalue weighted by atomic mass is 9.90. The fourth-order valence-electron chi connectivity index (χ4n) is 6.40. The third-order valence-electron chi connectivity index (χ3n) is 8.52. The van der Waals surface area contributed by atoms with Crippen molar-refractivity contribution in [3.05, 3.63) is 96.8 Å². The number of ether oxygens (including phenoxy) is 3. The molecule has 6 rings (SSSR count). The van der Waals surface area contributed by atoms with Crippen LogP contribution in [0.1, 0.15) is 52.5 Å².